The average molecular weight is 368 g/mol. The lowest BCUT2D eigenvalue weighted by atomic mass is 10.0. The highest BCUT2D eigenvalue weighted by atomic mass is 35.5. The van der Waals surface area contributed by atoms with E-state index >= 15 is 0 Å². The van der Waals surface area contributed by atoms with Gasteiger partial charge in [-0.15, -0.1) is 0 Å². The number of benzene rings is 1. The van der Waals surface area contributed by atoms with E-state index in [0.717, 1.165) is 0 Å². The number of halogens is 1. The Morgan fingerprint density at radius 2 is 2.04 bits per heavy atom. The number of carbonyl (C=O) groups is 3. The van der Waals surface area contributed by atoms with E-state index in [9.17, 15) is 19.5 Å². The summed E-state index contributed by atoms with van der Waals surface area (Å²) in [4.78, 5) is 38.0. The first-order valence-corrected chi connectivity index (χ1v) is 8.50. The molecular formula is C17H22ClN3O4. The van der Waals surface area contributed by atoms with Crippen LogP contribution in [0.25, 0.3) is 0 Å². The van der Waals surface area contributed by atoms with Gasteiger partial charge in [0.25, 0.3) is 5.91 Å². The summed E-state index contributed by atoms with van der Waals surface area (Å²) < 4.78 is 0. The molecule has 2 amide bonds. The van der Waals surface area contributed by atoms with Gasteiger partial charge in [0.1, 0.15) is 12.1 Å². The number of carbonyl (C=O) groups excluding carboxylic acids is 2. The molecule has 0 bridgehead atoms. The zero-order valence-corrected chi connectivity index (χ0v) is 14.9. The second kappa shape index (κ2) is 7.74. The number of hydrogen-bond acceptors (Lipinski definition) is 4. The van der Waals surface area contributed by atoms with Crippen LogP contribution in [0.2, 0.25) is 5.02 Å². The SMILES string of the molecule is CC(C)[C@H](NC(=O)c1cccc(N)c1Cl)C(=O)N1CCC[C@H]1C(=O)O. The van der Waals surface area contributed by atoms with Crippen LogP contribution in [0.4, 0.5) is 5.69 Å². The van der Waals surface area contributed by atoms with E-state index < -0.39 is 29.9 Å². The first kappa shape index (κ1) is 19.1. The molecule has 0 saturated carbocycles. The standard InChI is InChI=1S/C17H22ClN3O4/c1-9(2)14(16(23)21-8-4-7-12(21)17(24)25)20-15(22)10-5-3-6-11(19)13(10)18/h3,5-6,9,12,14H,4,7-8,19H2,1-2H3,(H,20,22)(H,24,25)/t12-,14-/m0/s1. The summed E-state index contributed by atoms with van der Waals surface area (Å²) in [6.45, 7) is 3.94. The maximum Gasteiger partial charge on any atom is 0.326 e. The minimum Gasteiger partial charge on any atom is -0.480 e. The normalized spacial score (nSPS) is 18.2. The highest BCUT2D eigenvalue weighted by Crippen LogP contribution is 2.24. The minimum absolute atomic E-state index is 0.125. The highest BCUT2D eigenvalue weighted by Gasteiger charge is 2.38. The van der Waals surface area contributed by atoms with Crippen LogP contribution in [-0.2, 0) is 9.59 Å². The average Bonchev–Trinajstić information content (AvgIpc) is 3.04. The molecule has 25 heavy (non-hydrogen) atoms. The predicted octanol–water partition coefficient (Wildman–Crippen LogP) is 1.75. The van der Waals surface area contributed by atoms with E-state index in [1.807, 2.05) is 0 Å². The number of rotatable bonds is 5. The van der Waals surface area contributed by atoms with E-state index in [1.165, 1.54) is 11.0 Å². The fourth-order valence-electron chi connectivity index (χ4n) is 2.92. The summed E-state index contributed by atoms with van der Waals surface area (Å²) in [7, 11) is 0. The van der Waals surface area contributed by atoms with Gasteiger partial charge in [0.05, 0.1) is 16.3 Å². The Morgan fingerprint density at radius 1 is 1.36 bits per heavy atom. The molecule has 1 aliphatic rings. The van der Waals surface area contributed by atoms with Crippen LogP contribution in [0.1, 0.15) is 37.0 Å². The first-order chi connectivity index (χ1) is 11.7. The lowest BCUT2D eigenvalue weighted by molar-refractivity contribution is -0.149. The van der Waals surface area contributed by atoms with Crippen molar-refractivity contribution >= 4 is 35.1 Å². The molecule has 2 atom stereocenters. The van der Waals surface area contributed by atoms with Crippen molar-refractivity contribution < 1.29 is 19.5 Å². The van der Waals surface area contributed by atoms with Crippen molar-refractivity contribution in [2.24, 2.45) is 5.92 Å². The molecule has 8 heteroatoms. The van der Waals surface area contributed by atoms with Crippen molar-refractivity contribution in [2.75, 3.05) is 12.3 Å². The number of nitrogens with one attached hydrogen (secondary N) is 1. The van der Waals surface area contributed by atoms with Crippen molar-refractivity contribution in [1.82, 2.24) is 10.2 Å². The van der Waals surface area contributed by atoms with Crippen LogP contribution >= 0.6 is 11.6 Å². The zero-order chi connectivity index (χ0) is 18.7. The molecule has 0 unspecified atom stereocenters. The number of nitrogen functional groups attached to an aromatic ring is 1. The quantitative estimate of drug-likeness (QED) is 0.686. The van der Waals surface area contributed by atoms with E-state index in [1.54, 1.807) is 26.0 Å². The number of carboxylic acid groups (broad SMARTS) is 1. The third kappa shape index (κ3) is 4.04. The summed E-state index contributed by atoms with van der Waals surface area (Å²) in [6.07, 6.45) is 1.05. The molecule has 1 fully saturated rings. The van der Waals surface area contributed by atoms with Gasteiger partial charge in [-0.3, -0.25) is 9.59 Å². The number of nitrogens with zero attached hydrogens (tertiary/aromatic N) is 1. The van der Waals surface area contributed by atoms with Crippen molar-refractivity contribution in [2.45, 2.75) is 38.8 Å². The molecule has 1 aromatic rings. The van der Waals surface area contributed by atoms with Gasteiger partial charge in [0.2, 0.25) is 5.91 Å². The fraction of sp³-hybridized carbons (Fsp3) is 0.471. The van der Waals surface area contributed by atoms with E-state index in [0.29, 0.717) is 19.4 Å². The fourth-order valence-corrected chi connectivity index (χ4v) is 3.14. The molecule has 136 valence electrons. The van der Waals surface area contributed by atoms with Gasteiger partial charge in [-0.2, -0.15) is 0 Å². The Labute approximate surface area is 151 Å². The maximum atomic E-state index is 12.8. The van der Waals surface area contributed by atoms with Gasteiger partial charge in [-0.1, -0.05) is 31.5 Å². The highest BCUT2D eigenvalue weighted by molar-refractivity contribution is 6.36. The third-order valence-corrected chi connectivity index (χ3v) is 4.74. The monoisotopic (exact) mass is 367 g/mol. The minimum atomic E-state index is -1.03. The van der Waals surface area contributed by atoms with E-state index in [-0.39, 0.29) is 22.2 Å². The summed E-state index contributed by atoms with van der Waals surface area (Å²) in [5.41, 5.74) is 6.16. The van der Waals surface area contributed by atoms with Crippen LogP contribution in [0.15, 0.2) is 18.2 Å². The lowest BCUT2D eigenvalue weighted by Gasteiger charge is -2.29. The van der Waals surface area contributed by atoms with Gasteiger partial charge >= 0.3 is 5.97 Å². The Balaban J connectivity index is 2.21. The molecule has 1 aliphatic heterocycles. The van der Waals surface area contributed by atoms with Crippen LogP contribution in [0, 0.1) is 5.92 Å². The number of nitrogens with two attached hydrogens (primary N) is 1. The second-order valence-corrected chi connectivity index (χ2v) is 6.81. The third-order valence-electron chi connectivity index (χ3n) is 4.31. The smallest absolute Gasteiger partial charge is 0.326 e. The van der Waals surface area contributed by atoms with Crippen molar-refractivity contribution in [3.8, 4) is 0 Å². The van der Waals surface area contributed by atoms with Gasteiger partial charge < -0.3 is 21.1 Å². The van der Waals surface area contributed by atoms with Crippen molar-refractivity contribution in [3.05, 3.63) is 28.8 Å². The second-order valence-electron chi connectivity index (χ2n) is 6.43. The molecule has 1 aromatic carbocycles. The Morgan fingerprint density at radius 3 is 2.64 bits per heavy atom. The molecule has 0 aromatic heterocycles. The number of amides is 2. The lowest BCUT2D eigenvalue weighted by Crippen LogP contribution is -2.53. The van der Waals surface area contributed by atoms with Crippen LogP contribution in [0.5, 0.6) is 0 Å². The number of carboxylic acids is 1. The topological polar surface area (TPSA) is 113 Å². The summed E-state index contributed by atoms with van der Waals surface area (Å²) in [5.74, 6) is -2.16. The maximum absolute atomic E-state index is 12.8. The van der Waals surface area contributed by atoms with Crippen LogP contribution in [0.3, 0.4) is 0 Å². The summed E-state index contributed by atoms with van der Waals surface area (Å²) in [6, 6.07) is 3.01. The molecule has 0 spiro atoms. The van der Waals surface area contributed by atoms with Crippen LogP contribution in [-0.4, -0.2) is 46.4 Å². The number of hydrogen-bond donors (Lipinski definition) is 3. The molecule has 2 rings (SSSR count). The van der Waals surface area contributed by atoms with E-state index in [2.05, 4.69) is 5.32 Å². The Kier molecular flexibility index (Phi) is 5.89. The Hall–Kier alpha value is -2.28. The summed E-state index contributed by atoms with van der Waals surface area (Å²) in [5, 5.41) is 12.1. The number of likely N-dealkylation sites (tertiary alicyclic amines) is 1. The van der Waals surface area contributed by atoms with Crippen molar-refractivity contribution in [3.63, 3.8) is 0 Å². The van der Waals surface area contributed by atoms with Gasteiger partial charge in [0.15, 0.2) is 0 Å². The first-order valence-electron chi connectivity index (χ1n) is 8.12. The van der Waals surface area contributed by atoms with E-state index in [4.69, 9.17) is 17.3 Å². The van der Waals surface area contributed by atoms with Crippen LogP contribution < -0.4 is 11.1 Å². The molecule has 1 heterocycles. The molecule has 1 saturated heterocycles. The number of aliphatic carboxylic acids is 1. The van der Waals surface area contributed by atoms with Gasteiger partial charge in [-0.05, 0) is 30.9 Å². The number of anilines is 1. The molecular weight excluding hydrogens is 346 g/mol. The molecule has 7 nitrogen and oxygen atoms in total. The predicted molar refractivity (Wildman–Crippen MR) is 94.3 cm³/mol. The summed E-state index contributed by atoms with van der Waals surface area (Å²) >= 11 is 6.06. The molecule has 0 radical (unpaired) electrons. The zero-order valence-electron chi connectivity index (χ0n) is 14.2. The largest absolute Gasteiger partial charge is 0.480 e. The Bertz CT molecular complexity index is 692. The van der Waals surface area contributed by atoms with Crippen molar-refractivity contribution in [1.29, 1.82) is 0 Å². The van der Waals surface area contributed by atoms with Gasteiger partial charge in [0, 0.05) is 6.54 Å². The van der Waals surface area contributed by atoms with Gasteiger partial charge in [-0.25, -0.2) is 4.79 Å². The molecule has 4 N–H and O–H groups in total. The molecule has 0 aliphatic carbocycles.